The highest BCUT2D eigenvalue weighted by Gasteiger charge is 2.33. The van der Waals surface area contributed by atoms with Gasteiger partial charge in [-0.3, -0.25) is 4.79 Å². The van der Waals surface area contributed by atoms with Crippen LogP contribution in [0.4, 0.5) is 0 Å². The minimum absolute atomic E-state index is 0.0683. The topological polar surface area (TPSA) is 165 Å². The van der Waals surface area contributed by atoms with Crippen LogP contribution in [0.1, 0.15) is 52.1 Å². The number of phenols is 6. The summed E-state index contributed by atoms with van der Waals surface area (Å²) in [5.41, 5.74) is 0.194. The van der Waals surface area contributed by atoms with Gasteiger partial charge in [0.1, 0.15) is 46.2 Å². The van der Waals surface area contributed by atoms with Crippen molar-refractivity contribution in [2.45, 2.75) is 39.2 Å². The number of phenolic OH excluding ortho intramolecular Hbond substituents is 6. The highest BCUT2D eigenvalue weighted by atomic mass is 16.5. The average Bonchev–Trinajstić information content (AvgIpc) is 2.79. The van der Waals surface area contributed by atoms with Crippen molar-refractivity contribution in [1.29, 1.82) is 0 Å². The maximum absolute atomic E-state index is 12.7. The van der Waals surface area contributed by atoms with E-state index in [2.05, 4.69) is 0 Å². The van der Waals surface area contributed by atoms with Crippen LogP contribution in [0.15, 0.2) is 24.3 Å². The molecule has 4 aromatic carbocycles. The Hall–Kier alpha value is -4.66. The molecule has 1 heterocycles. The summed E-state index contributed by atoms with van der Waals surface area (Å²) in [6.45, 7) is 3.62. The minimum atomic E-state index is -0.766. The second-order valence-corrected chi connectivity index (χ2v) is 10.3. The van der Waals surface area contributed by atoms with Gasteiger partial charge in [0.2, 0.25) is 0 Å². The Morgan fingerprint density at radius 2 is 1.11 bits per heavy atom. The first-order valence-electron chi connectivity index (χ1n) is 12.2. The molecule has 1 aliphatic carbocycles. The average molecular weight is 517 g/mol. The first-order valence-corrected chi connectivity index (χ1v) is 12.2. The molecular weight excluding hydrogens is 492 g/mol. The van der Waals surface area contributed by atoms with Gasteiger partial charge in [-0.15, -0.1) is 0 Å². The van der Waals surface area contributed by atoms with Gasteiger partial charge in [0.05, 0.1) is 27.5 Å². The molecule has 0 spiro atoms. The Kier molecular flexibility index (Phi) is 4.94. The maximum Gasteiger partial charge on any atom is 0.342 e. The fourth-order valence-electron chi connectivity index (χ4n) is 5.96. The Labute approximate surface area is 215 Å². The fraction of sp³-hybridized carbons (Fsp3) is 0.241. The molecule has 0 bridgehead atoms. The van der Waals surface area contributed by atoms with Crippen LogP contribution in [-0.4, -0.2) is 48.5 Å². The van der Waals surface area contributed by atoms with Crippen LogP contribution < -0.4 is 0 Å². The van der Waals surface area contributed by atoms with E-state index in [4.69, 9.17) is 4.74 Å². The molecule has 2 atom stereocenters. The highest BCUT2D eigenvalue weighted by Crippen LogP contribution is 2.55. The van der Waals surface area contributed by atoms with Crippen LogP contribution in [0.3, 0.4) is 0 Å². The molecule has 2 aliphatic rings. The number of carbonyl (C=O) groups excluding carboxylic acids is 2. The zero-order valence-corrected chi connectivity index (χ0v) is 20.5. The van der Waals surface area contributed by atoms with Crippen molar-refractivity contribution in [2.24, 2.45) is 5.92 Å². The predicted molar refractivity (Wildman–Crippen MR) is 137 cm³/mol. The Morgan fingerprint density at radius 3 is 1.66 bits per heavy atom. The first-order chi connectivity index (χ1) is 18.0. The van der Waals surface area contributed by atoms with E-state index in [0.29, 0.717) is 24.0 Å². The molecule has 0 fully saturated rings. The Bertz CT molecular complexity index is 1620. The summed E-state index contributed by atoms with van der Waals surface area (Å²) in [5.74, 6) is -4.45. The van der Waals surface area contributed by atoms with Crippen LogP contribution in [-0.2, 0) is 17.6 Å². The van der Waals surface area contributed by atoms with Gasteiger partial charge in [-0.1, -0.05) is 6.92 Å². The number of hydrogen-bond acceptors (Lipinski definition) is 9. The molecule has 1 aliphatic heterocycles. The molecule has 9 nitrogen and oxygen atoms in total. The number of Topliss-reactive ketones (excluding diaryl/α,β-unsaturated/α-hetero) is 1. The predicted octanol–water partition coefficient (Wildman–Crippen LogP) is 4.76. The van der Waals surface area contributed by atoms with Crippen molar-refractivity contribution in [1.82, 2.24) is 0 Å². The monoisotopic (exact) mass is 516 g/mol. The van der Waals surface area contributed by atoms with Crippen molar-refractivity contribution in [2.75, 3.05) is 0 Å². The molecule has 6 N–H and O–H groups in total. The van der Waals surface area contributed by atoms with Gasteiger partial charge in [-0.05, 0) is 65.4 Å². The van der Waals surface area contributed by atoms with Crippen molar-refractivity contribution >= 4 is 33.3 Å². The number of ketones is 1. The molecule has 0 amide bonds. The van der Waals surface area contributed by atoms with Gasteiger partial charge in [-0.2, -0.15) is 0 Å². The summed E-state index contributed by atoms with van der Waals surface area (Å²) in [6.07, 6.45) is 0.661. The Balaban J connectivity index is 1.66. The highest BCUT2D eigenvalue weighted by molar-refractivity contribution is 6.13. The van der Waals surface area contributed by atoms with Gasteiger partial charge >= 0.3 is 5.97 Å². The lowest BCUT2D eigenvalue weighted by Gasteiger charge is -2.24. The number of rotatable bonds is 1. The van der Waals surface area contributed by atoms with E-state index in [9.17, 15) is 40.2 Å². The minimum Gasteiger partial charge on any atom is -0.507 e. The molecular formula is C29H24O9. The number of carbonyl (C=O) groups is 2. The molecule has 9 heteroatoms. The largest absolute Gasteiger partial charge is 0.507 e. The number of ether oxygens (including phenoxy) is 1. The first kappa shape index (κ1) is 23.7. The lowest BCUT2D eigenvalue weighted by molar-refractivity contribution is 0.0297. The van der Waals surface area contributed by atoms with Crippen LogP contribution in [0.2, 0.25) is 0 Å². The van der Waals surface area contributed by atoms with E-state index in [1.165, 1.54) is 12.1 Å². The summed E-state index contributed by atoms with van der Waals surface area (Å²) < 4.78 is 5.22. The van der Waals surface area contributed by atoms with Crippen molar-refractivity contribution in [3.8, 4) is 45.6 Å². The van der Waals surface area contributed by atoms with Gasteiger partial charge in [0.25, 0.3) is 0 Å². The molecule has 4 aromatic rings. The summed E-state index contributed by atoms with van der Waals surface area (Å²) in [5, 5.41) is 66.6. The molecule has 6 rings (SSSR count). The molecule has 0 aromatic heterocycles. The lowest BCUT2D eigenvalue weighted by atomic mass is 9.81. The molecule has 0 saturated carbocycles. The third kappa shape index (κ3) is 3.17. The van der Waals surface area contributed by atoms with E-state index in [-0.39, 0.29) is 50.8 Å². The molecule has 0 unspecified atom stereocenters. The van der Waals surface area contributed by atoms with E-state index < -0.39 is 57.7 Å². The number of cyclic esters (lactones) is 1. The second kappa shape index (κ2) is 7.92. The number of aromatic hydroxyl groups is 6. The zero-order chi connectivity index (χ0) is 27.2. The van der Waals surface area contributed by atoms with Crippen LogP contribution in [0.25, 0.3) is 32.7 Å². The fourth-order valence-corrected chi connectivity index (χ4v) is 5.96. The third-order valence-electron chi connectivity index (χ3n) is 7.52. The second-order valence-electron chi connectivity index (χ2n) is 10.3. The molecule has 38 heavy (non-hydrogen) atoms. The molecule has 194 valence electrons. The number of fused-ring (bicyclic) bond motifs is 4. The van der Waals surface area contributed by atoms with Gasteiger partial charge in [-0.25, -0.2) is 4.79 Å². The lowest BCUT2D eigenvalue weighted by Crippen LogP contribution is -2.25. The van der Waals surface area contributed by atoms with Crippen molar-refractivity contribution in [3.63, 3.8) is 0 Å². The normalized spacial score (nSPS) is 18.9. The van der Waals surface area contributed by atoms with Gasteiger partial charge < -0.3 is 35.4 Å². The third-order valence-corrected chi connectivity index (χ3v) is 7.52. The summed E-state index contributed by atoms with van der Waals surface area (Å²) >= 11 is 0. The van der Waals surface area contributed by atoms with E-state index >= 15 is 0 Å². The molecule has 0 radical (unpaired) electrons. The summed E-state index contributed by atoms with van der Waals surface area (Å²) in [4.78, 5) is 25.2. The smallest absolute Gasteiger partial charge is 0.342 e. The standard InChI is InChI=1S/C29H24O9/c1-10-3-12-6-14-8-17(31)23(27(35)20(14)25(33)19(12)16(30)4-10)24-18(32)9-15-7-13-5-11(2)38-29(37)22(13)26(34)21(15)28(24)36/h6-11,31-36H,3-5H2,1-2H3/t10-,11-/m0/s1. The molecule has 0 saturated heterocycles. The van der Waals surface area contributed by atoms with Crippen LogP contribution in [0, 0.1) is 5.92 Å². The number of benzene rings is 4. The van der Waals surface area contributed by atoms with E-state index in [1.54, 1.807) is 19.1 Å². The SMILES string of the molecule is C[C@@H]1CC(=O)c2c(cc3cc(O)c(-c4c(O)cc5cc6c(c(O)c5c4O)C(=O)O[C@@H](C)C6)c(O)c3c2O)C1. The van der Waals surface area contributed by atoms with E-state index in [1.807, 2.05) is 6.92 Å². The summed E-state index contributed by atoms with van der Waals surface area (Å²) in [7, 11) is 0. The van der Waals surface area contributed by atoms with Crippen molar-refractivity contribution < 1.29 is 45.0 Å². The van der Waals surface area contributed by atoms with Crippen LogP contribution in [0.5, 0.6) is 34.5 Å². The zero-order valence-electron chi connectivity index (χ0n) is 20.5. The summed E-state index contributed by atoms with van der Waals surface area (Å²) in [6, 6.07) is 5.65. The van der Waals surface area contributed by atoms with Crippen molar-refractivity contribution in [3.05, 3.63) is 46.5 Å². The van der Waals surface area contributed by atoms with Crippen LogP contribution >= 0.6 is 0 Å². The maximum atomic E-state index is 12.7. The van der Waals surface area contributed by atoms with Gasteiger partial charge in [0, 0.05) is 12.8 Å². The number of hydrogen-bond donors (Lipinski definition) is 6. The van der Waals surface area contributed by atoms with Gasteiger partial charge in [0.15, 0.2) is 5.78 Å². The van der Waals surface area contributed by atoms with E-state index in [0.717, 1.165) is 0 Å². The Morgan fingerprint density at radius 1 is 0.632 bits per heavy atom. The quantitative estimate of drug-likeness (QED) is 0.196. The number of esters is 1.